The quantitative estimate of drug-likeness (QED) is 0.852. The molecule has 2 nitrogen and oxygen atoms in total. The SMILES string of the molecule is COCc1ccc(C(O)c2c(F)ccc(Br)c2F)cc1. The summed E-state index contributed by atoms with van der Waals surface area (Å²) < 4.78 is 32.8. The Morgan fingerprint density at radius 1 is 1.15 bits per heavy atom. The Balaban J connectivity index is 2.36. The van der Waals surface area contributed by atoms with E-state index < -0.39 is 17.7 Å². The molecular weight excluding hydrogens is 330 g/mol. The van der Waals surface area contributed by atoms with Crippen molar-refractivity contribution in [3.8, 4) is 0 Å². The van der Waals surface area contributed by atoms with Crippen LogP contribution in [-0.4, -0.2) is 12.2 Å². The fourth-order valence-electron chi connectivity index (χ4n) is 1.92. The minimum Gasteiger partial charge on any atom is -0.383 e. The van der Waals surface area contributed by atoms with Gasteiger partial charge in [-0.2, -0.15) is 0 Å². The zero-order valence-corrected chi connectivity index (χ0v) is 12.3. The molecule has 20 heavy (non-hydrogen) atoms. The van der Waals surface area contributed by atoms with Gasteiger partial charge >= 0.3 is 0 Å². The van der Waals surface area contributed by atoms with Crippen molar-refractivity contribution in [3.05, 3.63) is 69.2 Å². The van der Waals surface area contributed by atoms with Crippen LogP contribution in [0.4, 0.5) is 8.78 Å². The number of aliphatic hydroxyl groups excluding tert-OH is 1. The standard InChI is InChI=1S/C15H13BrF2O2/c1-20-8-9-2-4-10(5-3-9)15(19)13-12(17)7-6-11(16)14(13)18/h2-7,15,19H,8H2,1H3. The van der Waals surface area contributed by atoms with Crippen molar-refractivity contribution in [2.24, 2.45) is 0 Å². The summed E-state index contributed by atoms with van der Waals surface area (Å²) in [6.07, 6.45) is -1.36. The highest BCUT2D eigenvalue weighted by Gasteiger charge is 2.21. The molecule has 0 amide bonds. The van der Waals surface area contributed by atoms with Crippen molar-refractivity contribution in [1.29, 1.82) is 0 Å². The molecule has 0 fully saturated rings. The van der Waals surface area contributed by atoms with Crippen LogP contribution in [0.25, 0.3) is 0 Å². The Kier molecular flexibility index (Phi) is 4.86. The molecule has 2 aromatic rings. The molecule has 2 rings (SSSR count). The maximum absolute atomic E-state index is 13.9. The summed E-state index contributed by atoms with van der Waals surface area (Å²) in [5, 5.41) is 10.2. The Morgan fingerprint density at radius 3 is 2.40 bits per heavy atom. The van der Waals surface area contributed by atoms with E-state index in [1.165, 1.54) is 6.07 Å². The fraction of sp³-hybridized carbons (Fsp3) is 0.200. The third kappa shape index (κ3) is 3.06. The highest BCUT2D eigenvalue weighted by Crippen LogP contribution is 2.30. The van der Waals surface area contributed by atoms with Crippen molar-refractivity contribution < 1.29 is 18.6 Å². The number of halogens is 3. The summed E-state index contributed by atoms with van der Waals surface area (Å²) in [5.74, 6) is -1.57. The monoisotopic (exact) mass is 342 g/mol. The van der Waals surface area contributed by atoms with Gasteiger partial charge in [-0.25, -0.2) is 8.78 Å². The number of methoxy groups -OCH3 is 1. The Hall–Kier alpha value is -1.30. The second-order valence-electron chi connectivity index (χ2n) is 4.33. The number of ether oxygens (including phenoxy) is 1. The molecule has 0 saturated carbocycles. The number of aliphatic hydroxyl groups is 1. The zero-order valence-electron chi connectivity index (χ0n) is 10.7. The Labute approximate surface area is 124 Å². The molecule has 5 heteroatoms. The molecule has 0 radical (unpaired) electrons. The molecule has 0 aliphatic rings. The minimum absolute atomic E-state index is 0.115. The van der Waals surface area contributed by atoms with Gasteiger partial charge in [0.05, 0.1) is 16.6 Å². The average Bonchev–Trinajstić information content (AvgIpc) is 2.44. The summed E-state index contributed by atoms with van der Waals surface area (Å²) in [7, 11) is 1.58. The largest absolute Gasteiger partial charge is 0.383 e. The predicted molar refractivity (Wildman–Crippen MR) is 75.3 cm³/mol. The van der Waals surface area contributed by atoms with E-state index in [0.717, 1.165) is 11.6 Å². The molecule has 0 aliphatic carbocycles. The third-order valence-electron chi connectivity index (χ3n) is 2.96. The van der Waals surface area contributed by atoms with Gasteiger partial charge in [-0.3, -0.25) is 0 Å². The van der Waals surface area contributed by atoms with Gasteiger partial charge < -0.3 is 9.84 Å². The number of hydrogen-bond acceptors (Lipinski definition) is 2. The van der Waals surface area contributed by atoms with Gasteiger partial charge in [0.15, 0.2) is 0 Å². The average molecular weight is 343 g/mol. The van der Waals surface area contributed by atoms with Gasteiger partial charge in [0, 0.05) is 7.11 Å². The molecule has 2 aromatic carbocycles. The minimum atomic E-state index is -1.36. The lowest BCUT2D eigenvalue weighted by atomic mass is 9.99. The lowest BCUT2D eigenvalue weighted by Crippen LogP contribution is -2.06. The molecule has 0 aliphatic heterocycles. The first-order valence-corrected chi connectivity index (χ1v) is 6.73. The lowest BCUT2D eigenvalue weighted by molar-refractivity contribution is 0.184. The Bertz CT molecular complexity index is 600. The number of rotatable bonds is 4. The molecule has 1 unspecified atom stereocenters. The van der Waals surface area contributed by atoms with E-state index in [4.69, 9.17) is 4.74 Å². The van der Waals surface area contributed by atoms with Crippen molar-refractivity contribution >= 4 is 15.9 Å². The first-order valence-electron chi connectivity index (χ1n) is 5.94. The first-order chi connectivity index (χ1) is 9.54. The smallest absolute Gasteiger partial charge is 0.146 e. The normalized spacial score (nSPS) is 12.4. The summed E-state index contributed by atoms with van der Waals surface area (Å²) in [5.41, 5.74) is 0.971. The van der Waals surface area contributed by atoms with E-state index in [9.17, 15) is 13.9 Å². The van der Waals surface area contributed by atoms with E-state index in [-0.39, 0.29) is 10.0 Å². The van der Waals surface area contributed by atoms with Crippen LogP contribution in [-0.2, 0) is 11.3 Å². The van der Waals surface area contributed by atoms with E-state index in [1.807, 2.05) is 0 Å². The fourth-order valence-corrected chi connectivity index (χ4v) is 2.27. The van der Waals surface area contributed by atoms with Crippen molar-refractivity contribution in [2.75, 3.05) is 7.11 Å². The van der Waals surface area contributed by atoms with E-state index in [1.54, 1.807) is 31.4 Å². The van der Waals surface area contributed by atoms with Crippen LogP contribution in [0.1, 0.15) is 22.8 Å². The van der Waals surface area contributed by atoms with Gasteiger partial charge in [0.1, 0.15) is 17.7 Å². The third-order valence-corrected chi connectivity index (χ3v) is 3.57. The van der Waals surface area contributed by atoms with Crippen molar-refractivity contribution in [2.45, 2.75) is 12.7 Å². The lowest BCUT2D eigenvalue weighted by Gasteiger charge is -2.14. The van der Waals surface area contributed by atoms with E-state index >= 15 is 0 Å². The van der Waals surface area contributed by atoms with Crippen LogP contribution < -0.4 is 0 Å². The van der Waals surface area contributed by atoms with Crippen LogP contribution in [0.5, 0.6) is 0 Å². The van der Waals surface area contributed by atoms with E-state index in [0.29, 0.717) is 12.2 Å². The molecule has 0 saturated heterocycles. The van der Waals surface area contributed by atoms with Gasteiger partial charge in [-0.05, 0) is 39.2 Å². The topological polar surface area (TPSA) is 29.5 Å². The van der Waals surface area contributed by atoms with Gasteiger partial charge in [0.2, 0.25) is 0 Å². The predicted octanol–water partition coefficient (Wildman–Crippen LogP) is 3.96. The van der Waals surface area contributed by atoms with Gasteiger partial charge in [0.25, 0.3) is 0 Å². The highest BCUT2D eigenvalue weighted by molar-refractivity contribution is 9.10. The molecule has 0 bridgehead atoms. The molecule has 1 atom stereocenters. The van der Waals surface area contributed by atoms with Crippen LogP contribution >= 0.6 is 15.9 Å². The van der Waals surface area contributed by atoms with Crippen LogP contribution in [0.15, 0.2) is 40.9 Å². The maximum atomic E-state index is 13.9. The Morgan fingerprint density at radius 2 is 1.80 bits per heavy atom. The van der Waals surface area contributed by atoms with Crippen LogP contribution in [0.3, 0.4) is 0 Å². The maximum Gasteiger partial charge on any atom is 0.146 e. The van der Waals surface area contributed by atoms with Crippen molar-refractivity contribution in [1.82, 2.24) is 0 Å². The molecule has 0 aromatic heterocycles. The summed E-state index contributed by atoms with van der Waals surface area (Å²) in [4.78, 5) is 0. The highest BCUT2D eigenvalue weighted by atomic mass is 79.9. The molecule has 0 heterocycles. The second-order valence-corrected chi connectivity index (χ2v) is 5.19. The zero-order chi connectivity index (χ0) is 14.7. The second kappa shape index (κ2) is 6.43. The summed E-state index contributed by atoms with van der Waals surface area (Å²) in [6, 6.07) is 9.12. The van der Waals surface area contributed by atoms with Gasteiger partial charge in [-0.1, -0.05) is 24.3 Å². The molecular formula is C15H13BrF2O2. The summed E-state index contributed by atoms with van der Waals surface area (Å²) >= 11 is 2.98. The molecule has 106 valence electrons. The number of benzene rings is 2. The van der Waals surface area contributed by atoms with Crippen LogP contribution in [0, 0.1) is 11.6 Å². The van der Waals surface area contributed by atoms with E-state index in [2.05, 4.69) is 15.9 Å². The molecule has 1 N–H and O–H groups in total. The first kappa shape index (κ1) is 15.1. The molecule has 0 spiro atoms. The summed E-state index contributed by atoms with van der Waals surface area (Å²) in [6.45, 7) is 0.440. The number of hydrogen-bond donors (Lipinski definition) is 1. The van der Waals surface area contributed by atoms with Crippen molar-refractivity contribution in [3.63, 3.8) is 0 Å². The van der Waals surface area contributed by atoms with Crippen LogP contribution in [0.2, 0.25) is 0 Å². The van der Waals surface area contributed by atoms with Gasteiger partial charge in [-0.15, -0.1) is 0 Å².